The molecule has 0 aromatic rings. The number of halogens is 1. The van der Waals surface area contributed by atoms with Gasteiger partial charge < -0.3 is 15.4 Å². The topological polar surface area (TPSA) is 50.4 Å². The summed E-state index contributed by atoms with van der Waals surface area (Å²) >= 11 is 0. The van der Waals surface area contributed by atoms with Gasteiger partial charge in [0.25, 0.3) is 0 Å². The Morgan fingerprint density at radius 2 is 2.06 bits per heavy atom. The van der Waals surface area contributed by atoms with Crippen molar-refractivity contribution in [3.63, 3.8) is 0 Å². The second-order valence-electron chi connectivity index (χ2n) is 6.06. The molecule has 0 aromatic heterocycles. The van der Waals surface area contributed by atoms with Crippen LogP contribution in [0.15, 0.2) is 0 Å². The smallest absolute Gasteiger partial charge is 0.407 e. The minimum atomic E-state index is -0.409. The molecule has 2 N–H and O–H groups in total. The number of carbonyl (C=O) groups is 1. The van der Waals surface area contributed by atoms with E-state index >= 15 is 0 Å². The van der Waals surface area contributed by atoms with Crippen LogP contribution in [-0.4, -0.2) is 30.8 Å². The number of amides is 1. The average molecular weight is 263 g/mol. The molecule has 1 heterocycles. The summed E-state index contributed by atoms with van der Waals surface area (Å²) in [4.78, 5) is 11.7. The summed E-state index contributed by atoms with van der Waals surface area (Å²) in [5.74, 6) is 0. The van der Waals surface area contributed by atoms with Crippen LogP contribution in [0.1, 0.15) is 40.0 Å². The van der Waals surface area contributed by atoms with Gasteiger partial charge in [-0.3, -0.25) is 0 Å². The molecule has 1 aliphatic carbocycles. The lowest BCUT2D eigenvalue weighted by atomic mass is 9.77. The average Bonchev–Trinajstić information content (AvgIpc) is 2.42. The molecule has 100 valence electrons. The molecule has 1 saturated heterocycles. The van der Waals surface area contributed by atoms with Crippen LogP contribution in [0, 0.1) is 5.41 Å². The Labute approximate surface area is 109 Å². The van der Waals surface area contributed by atoms with E-state index in [-0.39, 0.29) is 18.5 Å². The fraction of sp³-hybridized carbons (Fsp3) is 0.917. The Morgan fingerprint density at radius 1 is 1.41 bits per heavy atom. The lowest BCUT2D eigenvalue weighted by molar-refractivity contribution is 0.0416. The molecule has 5 heteroatoms. The molecular formula is C12H23ClN2O2. The monoisotopic (exact) mass is 262 g/mol. The maximum absolute atomic E-state index is 11.7. The van der Waals surface area contributed by atoms with Gasteiger partial charge in [0.15, 0.2) is 0 Å². The third-order valence-corrected chi connectivity index (χ3v) is 3.55. The first-order chi connectivity index (χ1) is 7.41. The molecule has 1 unspecified atom stereocenters. The van der Waals surface area contributed by atoms with Gasteiger partial charge in [-0.2, -0.15) is 0 Å². The number of alkyl carbamates (subject to hydrolysis) is 1. The highest BCUT2D eigenvalue weighted by Gasteiger charge is 2.48. The van der Waals surface area contributed by atoms with E-state index in [9.17, 15) is 4.79 Å². The molecule has 0 bridgehead atoms. The summed E-state index contributed by atoms with van der Waals surface area (Å²) < 4.78 is 5.29. The first-order valence-corrected chi connectivity index (χ1v) is 6.12. The zero-order valence-corrected chi connectivity index (χ0v) is 11.7. The van der Waals surface area contributed by atoms with Gasteiger partial charge in [0.2, 0.25) is 0 Å². The second-order valence-corrected chi connectivity index (χ2v) is 6.06. The summed E-state index contributed by atoms with van der Waals surface area (Å²) in [6, 6.07) is 0.295. The molecule has 0 radical (unpaired) electrons. The summed E-state index contributed by atoms with van der Waals surface area (Å²) in [6.45, 7) is 7.74. The number of nitrogens with one attached hydrogen (secondary N) is 2. The predicted octanol–water partition coefficient (Wildman–Crippen LogP) is 2.08. The molecule has 1 spiro atoms. The highest BCUT2D eigenvalue weighted by Crippen LogP contribution is 2.41. The van der Waals surface area contributed by atoms with Gasteiger partial charge in [0, 0.05) is 24.5 Å². The second kappa shape index (κ2) is 5.02. The highest BCUT2D eigenvalue weighted by molar-refractivity contribution is 5.85. The number of ether oxygens (including phenoxy) is 1. The van der Waals surface area contributed by atoms with Crippen LogP contribution in [0.5, 0.6) is 0 Å². The minimum absolute atomic E-state index is 0. The molecule has 0 aromatic carbocycles. The molecular weight excluding hydrogens is 240 g/mol. The van der Waals surface area contributed by atoms with E-state index in [4.69, 9.17) is 4.74 Å². The van der Waals surface area contributed by atoms with Crippen molar-refractivity contribution in [1.82, 2.24) is 10.6 Å². The fourth-order valence-electron chi connectivity index (χ4n) is 2.68. The zero-order chi connectivity index (χ0) is 11.8. The van der Waals surface area contributed by atoms with Crippen molar-refractivity contribution >= 4 is 18.5 Å². The van der Waals surface area contributed by atoms with E-state index in [2.05, 4.69) is 10.6 Å². The molecule has 1 saturated carbocycles. The first-order valence-electron chi connectivity index (χ1n) is 6.12. The molecule has 4 nitrogen and oxygen atoms in total. The van der Waals surface area contributed by atoms with Gasteiger partial charge in [-0.1, -0.05) is 6.42 Å². The summed E-state index contributed by atoms with van der Waals surface area (Å²) in [6.07, 6.45) is 3.24. The lowest BCUT2D eigenvalue weighted by Crippen LogP contribution is -2.62. The zero-order valence-electron chi connectivity index (χ0n) is 10.8. The van der Waals surface area contributed by atoms with Crippen LogP contribution in [0.3, 0.4) is 0 Å². The van der Waals surface area contributed by atoms with E-state index in [0.29, 0.717) is 11.5 Å². The largest absolute Gasteiger partial charge is 0.444 e. The molecule has 1 aliphatic heterocycles. The minimum Gasteiger partial charge on any atom is -0.444 e. The van der Waals surface area contributed by atoms with Crippen LogP contribution < -0.4 is 10.6 Å². The number of hydrogen-bond donors (Lipinski definition) is 2. The lowest BCUT2D eigenvalue weighted by Gasteiger charge is -2.44. The van der Waals surface area contributed by atoms with Crippen molar-refractivity contribution in [3.05, 3.63) is 0 Å². The molecule has 2 fully saturated rings. The number of carbonyl (C=O) groups excluding carboxylic acids is 1. The predicted molar refractivity (Wildman–Crippen MR) is 69.6 cm³/mol. The summed E-state index contributed by atoms with van der Waals surface area (Å²) in [7, 11) is 0. The Morgan fingerprint density at radius 3 is 2.53 bits per heavy atom. The van der Waals surface area contributed by atoms with E-state index < -0.39 is 5.60 Å². The van der Waals surface area contributed by atoms with Crippen molar-refractivity contribution in [2.24, 2.45) is 5.41 Å². The van der Waals surface area contributed by atoms with E-state index in [1.54, 1.807) is 0 Å². The van der Waals surface area contributed by atoms with E-state index in [0.717, 1.165) is 19.5 Å². The molecule has 2 rings (SSSR count). The normalized spacial score (nSPS) is 25.9. The Balaban J connectivity index is 0.00000144. The van der Waals surface area contributed by atoms with Crippen molar-refractivity contribution in [2.45, 2.75) is 51.7 Å². The van der Waals surface area contributed by atoms with Gasteiger partial charge in [0.05, 0.1) is 0 Å². The van der Waals surface area contributed by atoms with Crippen LogP contribution in [0.4, 0.5) is 4.79 Å². The molecule has 1 atom stereocenters. The van der Waals surface area contributed by atoms with Gasteiger partial charge >= 0.3 is 6.09 Å². The van der Waals surface area contributed by atoms with Crippen LogP contribution >= 0.6 is 12.4 Å². The van der Waals surface area contributed by atoms with E-state index in [1.165, 1.54) is 12.8 Å². The fourth-order valence-corrected chi connectivity index (χ4v) is 2.68. The quantitative estimate of drug-likeness (QED) is 0.761. The van der Waals surface area contributed by atoms with Crippen LogP contribution in [0.25, 0.3) is 0 Å². The van der Waals surface area contributed by atoms with Crippen molar-refractivity contribution < 1.29 is 9.53 Å². The maximum atomic E-state index is 11.7. The van der Waals surface area contributed by atoms with Gasteiger partial charge in [-0.25, -0.2) is 4.79 Å². The Kier molecular flexibility index (Phi) is 4.31. The van der Waals surface area contributed by atoms with Crippen molar-refractivity contribution in [2.75, 3.05) is 13.1 Å². The highest BCUT2D eigenvalue weighted by atomic mass is 35.5. The maximum Gasteiger partial charge on any atom is 0.407 e. The first kappa shape index (κ1) is 14.6. The number of rotatable bonds is 1. The summed E-state index contributed by atoms with van der Waals surface area (Å²) in [5, 5.41) is 6.33. The van der Waals surface area contributed by atoms with Gasteiger partial charge in [0.1, 0.15) is 5.60 Å². The van der Waals surface area contributed by atoms with Crippen molar-refractivity contribution in [3.8, 4) is 0 Å². The Bertz CT molecular complexity index is 285. The Hall–Kier alpha value is -0.480. The third-order valence-electron chi connectivity index (χ3n) is 3.55. The van der Waals surface area contributed by atoms with Crippen LogP contribution in [0.2, 0.25) is 0 Å². The summed E-state index contributed by atoms with van der Waals surface area (Å²) in [5.41, 5.74) is -0.0926. The van der Waals surface area contributed by atoms with Crippen LogP contribution in [-0.2, 0) is 4.74 Å². The molecule has 2 aliphatic rings. The molecule has 1 amide bonds. The van der Waals surface area contributed by atoms with E-state index in [1.807, 2.05) is 20.8 Å². The van der Waals surface area contributed by atoms with Gasteiger partial charge in [-0.05, 0) is 33.6 Å². The SMILES string of the molecule is CC(C)(C)OC(=O)NC1CCCC12CNC2.Cl. The molecule has 17 heavy (non-hydrogen) atoms. The van der Waals surface area contributed by atoms with Crippen molar-refractivity contribution in [1.29, 1.82) is 0 Å². The van der Waals surface area contributed by atoms with Gasteiger partial charge in [-0.15, -0.1) is 12.4 Å². The number of hydrogen-bond acceptors (Lipinski definition) is 3. The third kappa shape index (κ3) is 3.26. The standard InChI is InChI=1S/C12H22N2O2.ClH/c1-11(2,3)16-10(15)14-9-5-4-6-12(9)7-13-8-12;/h9,13H,4-8H2,1-3H3,(H,14,15);1H.